The van der Waals surface area contributed by atoms with Gasteiger partial charge in [-0.05, 0) is 32.8 Å². The highest BCUT2D eigenvalue weighted by Crippen LogP contribution is 2.47. The van der Waals surface area contributed by atoms with Crippen molar-refractivity contribution in [2.75, 3.05) is 6.54 Å². The molecule has 2 heterocycles. The molecule has 2 N–H and O–H groups in total. The smallest absolute Gasteiger partial charge is 0.233 e. The van der Waals surface area contributed by atoms with Crippen LogP contribution in [0.5, 0.6) is 0 Å². The van der Waals surface area contributed by atoms with Crippen LogP contribution in [-0.2, 0) is 15.8 Å². The van der Waals surface area contributed by atoms with Crippen LogP contribution in [0.4, 0.5) is 0 Å². The number of amides is 1. The van der Waals surface area contributed by atoms with Gasteiger partial charge in [-0.15, -0.1) is 22.5 Å². The van der Waals surface area contributed by atoms with Crippen molar-refractivity contribution < 1.29 is 9.90 Å². The van der Waals surface area contributed by atoms with Crippen LogP contribution in [-0.4, -0.2) is 32.2 Å². The minimum Gasteiger partial charge on any atom is -0.386 e. The predicted octanol–water partition coefficient (Wildman–Crippen LogP) is 1.13. The number of aliphatic hydroxyl groups is 1. The molecule has 0 aliphatic heterocycles. The van der Waals surface area contributed by atoms with Gasteiger partial charge in [-0.25, -0.2) is 0 Å². The zero-order valence-electron chi connectivity index (χ0n) is 13.3. The largest absolute Gasteiger partial charge is 0.386 e. The van der Waals surface area contributed by atoms with E-state index in [9.17, 15) is 9.90 Å². The maximum atomic E-state index is 12.5. The van der Waals surface area contributed by atoms with Gasteiger partial charge in [0.2, 0.25) is 5.91 Å². The summed E-state index contributed by atoms with van der Waals surface area (Å²) >= 11 is 0. The third-order valence-electron chi connectivity index (χ3n) is 4.26. The number of nitrogens with one attached hydrogen (secondary N) is 1. The van der Waals surface area contributed by atoms with Crippen molar-refractivity contribution >= 4 is 11.6 Å². The number of hydrogen-bond acceptors (Lipinski definition) is 4. The predicted molar refractivity (Wildman–Crippen MR) is 85.6 cm³/mol. The summed E-state index contributed by atoms with van der Waals surface area (Å²) in [5.74, 6) is 3.07. The highest BCUT2D eigenvalue weighted by Gasteiger charge is 2.54. The van der Waals surface area contributed by atoms with Crippen molar-refractivity contribution in [2.45, 2.75) is 44.1 Å². The Morgan fingerprint density at radius 1 is 1.52 bits per heavy atom. The molecular formula is C17H20N4O2. The maximum Gasteiger partial charge on any atom is 0.233 e. The first-order valence-corrected chi connectivity index (χ1v) is 7.69. The SMILES string of the molecule is C#CCCNC(=O)C1(c2nnc3c(C(C)(C)O)cccn23)CC1. The van der Waals surface area contributed by atoms with E-state index in [-0.39, 0.29) is 5.91 Å². The first-order chi connectivity index (χ1) is 10.9. The quantitative estimate of drug-likeness (QED) is 0.641. The molecule has 1 fully saturated rings. The number of hydrogen-bond donors (Lipinski definition) is 2. The molecule has 120 valence electrons. The number of rotatable bonds is 5. The second-order valence-corrected chi connectivity index (χ2v) is 6.49. The van der Waals surface area contributed by atoms with Crippen molar-refractivity contribution in [1.29, 1.82) is 0 Å². The van der Waals surface area contributed by atoms with Gasteiger partial charge in [0.25, 0.3) is 0 Å². The summed E-state index contributed by atoms with van der Waals surface area (Å²) in [4.78, 5) is 12.5. The molecular weight excluding hydrogens is 292 g/mol. The molecule has 0 unspecified atom stereocenters. The molecule has 0 bridgehead atoms. The Bertz CT molecular complexity index is 791. The van der Waals surface area contributed by atoms with E-state index in [0.29, 0.717) is 30.0 Å². The van der Waals surface area contributed by atoms with Crippen LogP contribution >= 0.6 is 0 Å². The molecule has 1 amide bonds. The summed E-state index contributed by atoms with van der Waals surface area (Å²) in [7, 11) is 0. The lowest BCUT2D eigenvalue weighted by Crippen LogP contribution is -2.36. The molecule has 1 saturated carbocycles. The van der Waals surface area contributed by atoms with Crippen LogP contribution in [0.2, 0.25) is 0 Å². The Morgan fingerprint density at radius 2 is 2.26 bits per heavy atom. The van der Waals surface area contributed by atoms with Gasteiger partial charge >= 0.3 is 0 Å². The third kappa shape index (κ3) is 2.57. The lowest BCUT2D eigenvalue weighted by molar-refractivity contribution is -0.123. The first kappa shape index (κ1) is 15.5. The van der Waals surface area contributed by atoms with Crippen LogP contribution in [0.1, 0.15) is 44.5 Å². The molecule has 2 aromatic heterocycles. The number of fused-ring (bicyclic) bond motifs is 1. The van der Waals surface area contributed by atoms with E-state index in [0.717, 1.165) is 12.8 Å². The van der Waals surface area contributed by atoms with Crippen molar-refractivity contribution in [2.24, 2.45) is 0 Å². The Labute approximate surface area is 134 Å². The van der Waals surface area contributed by atoms with Crippen LogP contribution in [0, 0.1) is 12.3 Å². The topological polar surface area (TPSA) is 79.5 Å². The van der Waals surface area contributed by atoms with Gasteiger partial charge in [-0.2, -0.15) is 0 Å². The molecule has 0 spiro atoms. The van der Waals surface area contributed by atoms with Crippen LogP contribution in [0.3, 0.4) is 0 Å². The van der Waals surface area contributed by atoms with Gasteiger partial charge in [0.15, 0.2) is 11.5 Å². The lowest BCUT2D eigenvalue weighted by atomic mass is 9.99. The van der Waals surface area contributed by atoms with Gasteiger partial charge in [0.05, 0.1) is 5.60 Å². The van der Waals surface area contributed by atoms with Crippen molar-refractivity contribution in [3.05, 3.63) is 29.7 Å². The number of terminal acetylenes is 1. The Morgan fingerprint density at radius 3 is 2.87 bits per heavy atom. The number of aromatic nitrogens is 3. The van der Waals surface area contributed by atoms with Crippen molar-refractivity contribution in [3.63, 3.8) is 0 Å². The highest BCUT2D eigenvalue weighted by atomic mass is 16.3. The molecule has 6 heteroatoms. The summed E-state index contributed by atoms with van der Waals surface area (Å²) < 4.78 is 1.81. The minimum absolute atomic E-state index is 0.0595. The van der Waals surface area contributed by atoms with Crippen LogP contribution in [0.15, 0.2) is 18.3 Å². The van der Waals surface area contributed by atoms with Gasteiger partial charge in [0.1, 0.15) is 5.41 Å². The van der Waals surface area contributed by atoms with Gasteiger partial charge in [0, 0.05) is 24.7 Å². The van der Waals surface area contributed by atoms with E-state index in [1.807, 2.05) is 18.3 Å². The van der Waals surface area contributed by atoms with E-state index in [1.165, 1.54) is 0 Å². The van der Waals surface area contributed by atoms with Crippen molar-refractivity contribution in [1.82, 2.24) is 19.9 Å². The fraction of sp³-hybridized carbons (Fsp3) is 0.471. The van der Waals surface area contributed by atoms with Gasteiger partial charge < -0.3 is 10.4 Å². The zero-order chi connectivity index (χ0) is 16.7. The Hall–Kier alpha value is -2.39. The van der Waals surface area contributed by atoms with Crippen LogP contribution in [0.25, 0.3) is 5.65 Å². The molecule has 0 atom stereocenters. The fourth-order valence-electron chi connectivity index (χ4n) is 2.81. The second-order valence-electron chi connectivity index (χ2n) is 6.49. The van der Waals surface area contributed by atoms with E-state index in [2.05, 4.69) is 21.4 Å². The molecule has 1 aliphatic carbocycles. The molecule has 0 radical (unpaired) electrons. The Kier molecular flexibility index (Phi) is 3.61. The number of pyridine rings is 1. The Balaban J connectivity index is 1.98. The lowest BCUT2D eigenvalue weighted by Gasteiger charge is -2.18. The van der Waals surface area contributed by atoms with Crippen molar-refractivity contribution in [3.8, 4) is 12.3 Å². The molecule has 0 saturated heterocycles. The highest BCUT2D eigenvalue weighted by molar-refractivity contribution is 5.90. The standard InChI is InChI=1S/C17H20N4O2/c1-4-5-10-18-15(22)17(8-9-17)14-20-19-13-12(16(2,3)23)7-6-11-21(13)14/h1,6-7,11,23H,5,8-10H2,2-3H3,(H,18,22). The van der Waals surface area contributed by atoms with E-state index < -0.39 is 11.0 Å². The molecule has 0 aromatic carbocycles. The molecule has 6 nitrogen and oxygen atoms in total. The fourth-order valence-corrected chi connectivity index (χ4v) is 2.81. The molecule has 1 aliphatic rings. The minimum atomic E-state index is -1.03. The molecule has 3 rings (SSSR count). The summed E-state index contributed by atoms with van der Waals surface area (Å²) in [5, 5.41) is 21.6. The monoisotopic (exact) mass is 312 g/mol. The average molecular weight is 312 g/mol. The van der Waals surface area contributed by atoms with Gasteiger partial charge in [-0.3, -0.25) is 9.20 Å². The first-order valence-electron chi connectivity index (χ1n) is 7.69. The number of nitrogens with zero attached hydrogens (tertiary/aromatic N) is 3. The summed E-state index contributed by atoms with van der Waals surface area (Å²) in [6.07, 6.45) is 9.02. The second kappa shape index (κ2) is 5.36. The van der Waals surface area contributed by atoms with E-state index in [1.54, 1.807) is 18.2 Å². The zero-order valence-corrected chi connectivity index (χ0v) is 13.3. The van der Waals surface area contributed by atoms with Gasteiger partial charge in [-0.1, -0.05) is 6.07 Å². The maximum absolute atomic E-state index is 12.5. The summed E-state index contributed by atoms with van der Waals surface area (Å²) in [6, 6.07) is 3.65. The number of carbonyl (C=O) groups excluding carboxylic acids is 1. The number of carbonyl (C=O) groups is 1. The third-order valence-corrected chi connectivity index (χ3v) is 4.26. The van der Waals surface area contributed by atoms with E-state index >= 15 is 0 Å². The average Bonchev–Trinajstić information content (AvgIpc) is 3.19. The molecule has 2 aromatic rings. The molecule has 23 heavy (non-hydrogen) atoms. The summed E-state index contributed by atoms with van der Waals surface area (Å²) in [6.45, 7) is 3.87. The van der Waals surface area contributed by atoms with Crippen LogP contribution < -0.4 is 5.32 Å². The van der Waals surface area contributed by atoms with E-state index in [4.69, 9.17) is 6.42 Å². The summed E-state index contributed by atoms with van der Waals surface area (Å²) in [5.41, 5.74) is -0.398. The normalized spacial score (nSPS) is 16.1.